The number of anilines is 1. The number of nitrogens with zero attached hydrogens (tertiary/aromatic N) is 5. The molecule has 0 saturated carbocycles. The van der Waals surface area contributed by atoms with Gasteiger partial charge in [0.05, 0.1) is 31.5 Å². The quantitative estimate of drug-likeness (QED) is 0.436. The minimum Gasteiger partial charge on any atom is -0.392 e. The molecule has 3 heterocycles. The van der Waals surface area contributed by atoms with Gasteiger partial charge in [0.1, 0.15) is 10.6 Å². The number of hydrogen-bond acceptors (Lipinski definition) is 9. The fourth-order valence-electron chi connectivity index (χ4n) is 4.01. The van der Waals surface area contributed by atoms with Crippen LogP contribution in [0.25, 0.3) is 21.6 Å². The van der Waals surface area contributed by atoms with Gasteiger partial charge in [0.2, 0.25) is 10.0 Å². The van der Waals surface area contributed by atoms with Gasteiger partial charge >= 0.3 is 0 Å². The van der Waals surface area contributed by atoms with Gasteiger partial charge in [0.15, 0.2) is 5.82 Å². The van der Waals surface area contributed by atoms with Crippen LogP contribution in [0.5, 0.6) is 0 Å². The zero-order chi connectivity index (χ0) is 25.0. The van der Waals surface area contributed by atoms with Gasteiger partial charge in [-0.1, -0.05) is 25.1 Å². The lowest BCUT2D eigenvalue weighted by Gasteiger charge is -2.28. The van der Waals surface area contributed by atoms with Gasteiger partial charge in [-0.05, 0) is 24.2 Å². The number of ether oxygens (including phenoxy) is 1. The highest BCUT2D eigenvalue weighted by molar-refractivity contribution is 7.88. The fraction of sp³-hybridized carbons (Fsp3) is 0.500. The third kappa shape index (κ3) is 6.35. The van der Waals surface area contributed by atoms with E-state index in [2.05, 4.69) is 22.8 Å². The monoisotopic (exact) mass is 519 g/mol. The molecular weight excluding hydrogens is 486 g/mol. The first-order valence-corrected chi connectivity index (χ1v) is 14.4. The van der Waals surface area contributed by atoms with E-state index in [4.69, 9.17) is 14.7 Å². The Balaban J connectivity index is 1.66. The highest BCUT2D eigenvalue weighted by Gasteiger charge is 2.21. The molecule has 2 aromatic heterocycles. The molecule has 190 valence electrons. The standard InChI is InChI=1S/C24H33N5O4S2/c1-4-28(9-8-27(2)35(3,31)32)16-20-15-21-23(29-10-12-33-13-11-29)25-22(26-24(21)34-20)19-7-5-6-18(14-19)17-30/h5-7,14-15,30H,4,8-13,16-17H2,1-3H3. The number of thiophene rings is 1. The molecule has 4 rings (SSSR count). The maximum atomic E-state index is 11.8. The number of aromatic nitrogens is 2. The van der Waals surface area contributed by atoms with E-state index in [0.29, 0.717) is 38.7 Å². The summed E-state index contributed by atoms with van der Waals surface area (Å²) < 4.78 is 30.4. The van der Waals surface area contributed by atoms with Gasteiger partial charge in [0, 0.05) is 50.2 Å². The van der Waals surface area contributed by atoms with Crippen LogP contribution in [0.1, 0.15) is 17.4 Å². The number of sulfonamides is 1. The van der Waals surface area contributed by atoms with Crippen molar-refractivity contribution in [2.75, 3.05) is 64.1 Å². The van der Waals surface area contributed by atoms with Crippen molar-refractivity contribution in [1.82, 2.24) is 19.2 Å². The van der Waals surface area contributed by atoms with Crippen LogP contribution < -0.4 is 4.90 Å². The van der Waals surface area contributed by atoms with Gasteiger partial charge in [-0.25, -0.2) is 22.7 Å². The van der Waals surface area contributed by atoms with Crippen LogP contribution in [0.2, 0.25) is 0 Å². The number of fused-ring (bicyclic) bond motifs is 1. The number of rotatable bonds is 10. The van der Waals surface area contributed by atoms with E-state index in [1.54, 1.807) is 18.4 Å². The molecule has 1 aliphatic heterocycles. The van der Waals surface area contributed by atoms with Crippen LogP contribution >= 0.6 is 11.3 Å². The summed E-state index contributed by atoms with van der Waals surface area (Å²) in [4.78, 5) is 16.4. The average molecular weight is 520 g/mol. The van der Waals surface area contributed by atoms with Crippen LogP contribution in [0, 0.1) is 0 Å². The summed E-state index contributed by atoms with van der Waals surface area (Å²) in [5.41, 5.74) is 1.70. The molecule has 35 heavy (non-hydrogen) atoms. The number of benzene rings is 1. The maximum absolute atomic E-state index is 11.8. The Morgan fingerprint density at radius 1 is 1.17 bits per heavy atom. The minimum atomic E-state index is -3.19. The molecule has 1 aliphatic rings. The summed E-state index contributed by atoms with van der Waals surface area (Å²) in [5, 5.41) is 10.6. The van der Waals surface area contributed by atoms with Crippen molar-refractivity contribution >= 4 is 37.4 Å². The van der Waals surface area contributed by atoms with Crippen molar-refractivity contribution in [2.45, 2.75) is 20.1 Å². The number of aliphatic hydroxyl groups excluding tert-OH is 1. The van der Waals surface area contributed by atoms with Crippen molar-refractivity contribution in [3.05, 3.63) is 40.8 Å². The molecule has 0 amide bonds. The zero-order valence-corrected chi connectivity index (χ0v) is 22.1. The third-order valence-corrected chi connectivity index (χ3v) is 8.55. The van der Waals surface area contributed by atoms with Crippen LogP contribution in [0.3, 0.4) is 0 Å². The summed E-state index contributed by atoms with van der Waals surface area (Å²) >= 11 is 1.65. The summed E-state index contributed by atoms with van der Waals surface area (Å²) in [6, 6.07) is 9.86. The molecule has 1 fully saturated rings. The van der Waals surface area contributed by atoms with Crippen molar-refractivity contribution in [1.29, 1.82) is 0 Å². The predicted molar refractivity (Wildman–Crippen MR) is 140 cm³/mol. The smallest absolute Gasteiger partial charge is 0.210 e. The Hall–Kier alpha value is -2.15. The van der Waals surface area contributed by atoms with Gasteiger partial charge < -0.3 is 14.7 Å². The van der Waals surface area contributed by atoms with Crippen LogP contribution in [-0.2, 0) is 27.9 Å². The van der Waals surface area contributed by atoms with E-state index in [0.717, 1.165) is 51.7 Å². The van der Waals surface area contributed by atoms with E-state index in [9.17, 15) is 13.5 Å². The largest absolute Gasteiger partial charge is 0.392 e. The molecule has 1 saturated heterocycles. The van der Waals surface area contributed by atoms with Gasteiger partial charge in [-0.15, -0.1) is 11.3 Å². The molecule has 0 spiro atoms. The zero-order valence-electron chi connectivity index (χ0n) is 20.5. The predicted octanol–water partition coefficient (Wildman–Crippen LogP) is 2.40. The molecule has 0 radical (unpaired) electrons. The number of likely N-dealkylation sites (N-methyl/N-ethyl adjacent to an activating group) is 2. The molecule has 0 aliphatic carbocycles. The lowest BCUT2D eigenvalue weighted by molar-refractivity contribution is 0.122. The first kappa shape index (κ1) is 25.9. The lowest BCUT2D eigenvalue weighted by Crippen LogP contribution is -2.37. The van der Waals surface area contributed by atoms with Crippen LogP contribution in [0.15, 0.2) is 30.3 Å². The molecule has 1 N–H and O–H groups in total. The van der Waals surface area contributed by atoms with Crippen molar-refractivity contribution < 1.29 is 18.3 Å². The molecular formula is C24H33N5O4S2. The van der Waals surface area contributed by atoms with E-state index < -0.39 is 10.0 Å². The molecule has 0 unspecified atom stereocenters. The van der Waals surface area contributed by atoms with Crippen molar-refractivity contribution in [3.8, 4) is 11.4 Å². The summed E-state index contributed by atoms with van der Waals surface area (Å²) in [6.45, 7) is 7.54. The number of hydrogen-bond donors (Lipinski definition) is 1. The highest BCUT2D eigenvalue weighted by atomic mass is 32.2. The topological polar surface area (TPSA) is 99.1 Å². The Kier molecular flexibility index (Phi) is 8.35. The SMILES string of the molecule is CCN(CCN(C)S(C)(=O)=O)Cc1cc2c(N3CCOCC3)nc(-c3cccc(CO)c3)nc2s1. The summed E-state index contributed by atoms with van der Waals surface area (Å²) in [7, 11) is -1.58. The Bertz CT molecular complexity index is 1260. The second-order valence-electron chi connectivity index (χ2n) is 8.71. The molecule has 9 nitrogen and oxygen atoms in total. The van der Waals surface area contributed by atoms with Crippen LogP contribution in [0.4, 0.5) is 5.82 Å². The normalized spacial score (nSPS) is 15.0. The van der Waals surface area contributed by atoms with Crippen molar-refractivity contribution in [2.24, 2.45) is 0 Å². The second-order valence-corrected chi connectivity index (χ2v) is 11.9. The Labute approximate surface area is 211 Å². The first-order valence-electron chi connectivity index (χ1n) is 11.8. The molecule has 0 bridgehead atoms. The van der Waals surface area contributed by atoms with Gasteiger partial charge in [-0.2, -0.15) is 0 Å². The van der Waals surface area contributed by atoms with E-state index in [1.165, 1.54) is 10.6 Å². The van der Waals surface area contributed by atoms with E-state index >= 15 is 0 Å². The maximum Gasteiger partial charge on any atom is 0.210 e. The molecule has 3 aromatic rings. The van der Waals surface area contributed by atoms with Gasteiger partial charge in [0.25, 0.3) is 0 Å². The van der Waals surface area contributed by atoms with E-state index in [1.807, 2.05) is 24.3 Å². The summed E-state index contributed by atoms with van der Waals surface area (Å²) in [6.07, 6.45) is 1.23. The fourth-order valence-corrected chi connectivity index (χ4v) is 5.48. The Morgan fingerprint density at radius 3 is 2.63 bits per heavy atom. The average Bonchev–Trinajstić information content (AvgIpc) is 3.28. The Morgan fingerprint density at radius 2 is 1.94 bits per heavy atom. The van der Waals surface area contributed by atoms with E-state index in [-0.39, 0.29) is 6.61 Å². The number of aliphatic hydroxyl groups is 1. The van der Waals surface area contributed by atoms with Crippen molar-refractivity contribution in [3.63, 3.8) is 0 Å². The first-order chi connectivity index (χ1) is 16.8. The highest BCUT2D eigenvalue weighted by Crippen LogP contribution is 2.34. The molecule has 0 atom stereocenters. The summed E-state index contributed by atoms with van der Waals surface area (Å²) in [5.74, 6) is 1.55. The molecule has 11 heteroatoms. The number of morpholine rings is 1. The second kappa shape index (κ2) is 11.3. The minimum absolute atomic E-state index is 0.0308. The lowest BCUT2D eigenvalue weighted by atomic mass is 10.1. The third-order valence-electron chi connectivity index (χ3n) is 6.23. The van der Waals surface area contributed by atoms with Gasteiger partial charge in [-0.3, -0.25) is 4.90 Å². The van der Waals surface area contributed by atoms with Crippen LogP contribution in [-0.4, -0.2) is 91.9 Å². The molecule has 1 aromatic carbocycles.